The van der Waals surface area contributed by atoms with Crippen LogP contribution in [0.15, 0.2) is 24.3 Å². The number of carbonyl (C=O) groups is 1. The molecule has 0 unspecified atom stereocenters. The zero-order valence-corrected chi connectivity index (χ0v) is 11.2. The van der Waals surface area contributed by atoms with Gasteiger partial charge in [0, 0.05) is 5.56 Å². The molecule has 6 heteroatoms. The molecule has 0 saturated carbocycles. The van der Waals surface area contributed by atoms with Gasteiger partial charge in [-0.15, -0.1) is 0 Å². The van der Waals surface area contributed by atoms with E-state index in [0.29, 0.717) is 0 Å². The second-order valence-corrected chi connectivity index (χ2v) is 5.49. The van der Waals surface area contributed by atoms with E-state index in [1.54, 1.807) is 0 Å². The highest BCUT2D eigenvalue weighted by Crippen LogP contribution is 2.31. The molecular formula is C14H16F3NO2. The van der Waals surface area contributed by atoms with Crippen LogP contribution < -0.4 is 0 Å². The van der Waals surface area contributed by atoms with E-state index in [1.165, 1.54) is 4.90 Å². The predicted octanol–water partition coefficient (Wildman–Crippen LogP) is 2.55. The second-order valence-electron chi connectivity index (χ2n) is 5.49. The smallest absolute Gasteiger partial charge is 0.386 e. The van der Waals surface area contributed by atoms with Crippen molar-refractivity contribution in [2.24, 2.45) is 5.92 Å². The molecule has 1 N–H and O–H groups in total. The van der Waals surface area contributed by atoms with Crippen LogP contribution in [0, 0.1) is 5.92 Å². The van der Waals surface area contributed by atoms with Crippen molar-refractivity contribution in [3.8, 4) is 0 Å². The molecule has 2 rings (SSSR count). The number of β-amino-alcohol motifs (C(OH)–C–C–N with tert-alkyl or cyclic N) is 1. The van der Waals surface area contributed by atoms with Gasteiger partial charge in [-0.05, 0) is 30.2 Å². The molecule has 3 nitrogen and oxygen atoms in total. The summed E-state index contributed by atoms with van der Waals surface area (Å²) in [5.74, 6) is -0.330. The first-order chi connectivity index (χ1) is 9.13. The van der Waals surface area contributed by atoms with Gasteiger partial charge in [-0.3, -0.25) is 4.79 Å². The van der Waals surface area contributed by atoms with Crippen molar-refractivity contribution in [2.75, 3.05) is 13.1 Å². The lowest BCUT2D eigenvalue weighted by atomic mass is 9.82. The fourth-order valence-corrected chi connectivity index (χ4v) is 2.11. The first-order valence-electron chi connectivity index (χ1n) is 6.32. The van der Waals surface area contributed by atoms with Gasteiger partial charge in [0.25, 0.3) is 5.91 Å². The summed E-state index contributed by atoms with van der Waals surface area (Å²) in [5.41, 5.74) is -1.47. The van der Waals surface area contributed by atoms with Crippen molar-refractivity contribution in [1.82, 2.24) is 4.90 Å². The number of hydrogen-bond donors (Lipinski definition) is 1. The van der Waals surface area contributed by atoms with Crippen LogP contribution in [0.2, 0.25) is 0 Å². The zero-order valence-electron chi connectivity index (χ0n) is 11.2. The Kier molecular flexibility index (Phi) is 3.54. The molecule has 1 aromatic carbocycles. The Morgan fingerprint density at radius 3 is 2.15 bits per heavy atom. The number of likely N-dealkylation sites (tertiary alicyclic amines) is 1. The summed E-state index contributed by atoms with van der Waals surface area (Å²) in [6, 6.07) is 4.11. The van der Waals surface area contributed by atoms with Crippen LogP contribution in [0.1, 0.15) is 29.8 Å². The van der Waals surface area contributed by atoms with Gasteiger partial charge >= 0.3 is 6.18 Å². The molecule has 20 heavy (non-hydrogen) atoms. The topological polar surface area (TPSA) is 40.5 Å². The van der Waals surface area contributed by atoms with E-state index >= 15 is 0 Å². The van der Waals surface area contributed by atoms with Crippen LogP contribution in [0.5, 0.6) is 0 Å². The highest BCUT2D eigenvalue weighted by molar-refractivity contribution is 5.95. The summed E-state index contributed by atoms with van der Waals surface area (Å²) in [5, 5.41) is 10.1. The number of benzene rings is 1. The van der Waals surface area contributed by atoms with Crippen molar-refractivity contribution >= 4 is 5.91 Å². The maximum atomic E-state index is 12.4. The van der Waals surface area contributed by atoms with E-state index in [0.717, 1.165) is 24.3 Å². The van der Waals surface area contributed by atoms with E-state index in [4.69, 9.17) is 0 Å². The third kappa shape index (κ3) is 2.65. The van der Waals surface area contributed by atoms with Crippen molar-refractivity contribution in [1.29, 1.82) is 0 Å². The molecule has 0 spiro atoms. The fraction of sp³-hybridized carbons (Fsp3) is 0.500. The molecule has 1 fully saturated rings. The fourth-order valence-electron chi connectivity index (χ4n) is 2.11. The SMILES string of the molecule is CC(C)C1(O)CN(C(=O)c2ccc(C(F)(F)F)cc2)C1. The summed E-state index contributed by atoms with van der Waals surface area (Å²) in [6.07, 6.45) is -4.41. The van der Waals surface area contributed by atoms with Gasteiger partial charge in [-0.25, -0.2) is 0 Å². The number of halogens is 3. The number of hydrogen-bond acceptors (Lipinski definition) is 2. The van der Waals surface area contributed by atoms with E-state index in [1.807, 2.05) is 13.8 Å². The van der Waals surface area contributed by atoms with Gasteiger partial charge in [0.1, 0.15) is 5.60 Å². The maximum Gasteiger partial charge on any atom is 0.416 e. The monoisotopic (exact) mass is 287 g/mol. The van der Waals surface area contributed by atoms with Gasteiger partial charge in [0.15, 0.2) is 0 Å². The molecule has 1 amide bonds. The van der Waals surface area contributed by atoms with Crippen molar-refractivity contribution in [3.05, 3.63) is 35.4 Å². The summed E-state index contributed by atoms with van der Waals surface area (Å²) in [6.45, 7) is 4.15. The average Bonchev–Trinajstić information content (AvgIpc) is 2.33. The molecule has 1 heterocycles. The lowest BCUT2D eigenvalue weighted by Gasteiger charge is -2.49. The van der Waals surface area contributed by atoms with Crippen LogP contribution in [0.25, 0.3) is 0 Å². The molecule has 0 radical (unpaired) electrons. The average molecular weight is 287 g/mol. The Balaban J connectivity index is 2.05. The molecule has 110 valence electrons. The molecule has 1 saturated heterocycles. The van der Waals surface area contributed by atoms with Gasteiger partial charge < -0.3 is 10.0 Å². The molecule has 0 aliphatic carbocycles. The number of carbonyl (C=O) groups excluding carboxylic acids is 1. The Bertz CT molecular complexity index is 502. The summed E-state index contributed by atoms with van der Waals surface area (Å²) in [7, 11) is 0. The van der Waals surface area contributed by atoms with E-state index in [-0.39, 0.29) is 30.5 Å². The normalized spacial score (nSPS) is 18.1. The van der Waals surface area contributed by atoms with E-state index in [9.17, 15) is 23.1 Å². The van der Waals surface area contributed by atoms with Crippen LogP contribution >= 0.6 is 0 Å². The third-order valence-electron chi connectivity index (χ3n) is 3.75. The standard InChI is InChI=1S/C14H16F3NO2/c1-9(2)13(20)7-18(8-13)12(19)10-3-5-11(6-4-10)14(15,16)17/h3-6,9,20H,7-8H2,1-2H3. The minimum atomic E-state index is -4.41. The highest BCUT2D eigenvalue weighted by Gasteiger charge is 2.46. The lowest BCUT2D eigenvalue weighted by Crippen LogP contribution is -2.65. The second kappa shape index (κ2) is 4.77. The predicted molar refractivity (Wildman–Crippen MR) is 67.1 cm³/mol. The number of amides is 1. The zero-order chi connectivity index (χ0) is 15.1. The highest BCUT2D eigenvalue weighted by atomic mass is 19.4. The van der Waals surface area contributed by atoms with Crippen molar-refractivity contribution in [2.45, 2.75) is 25.6 Å². The Morgan fingerprint density at radius 2 is 1.75 bits per heavy atom. The van der Waals surface area contributed by atoms with E-state index in [2.05, 4.69) is 0 Å². The maximum absolute atomic E-state index is 12.4. The lowest BCUT2D eigenvalue weighted by molar-refractivity contribution is -0.137. The summed E-state index contributed by atoms with van der Waals surface area (Å²) >= 11 is 0. The first-order valence-corrected chi connectivity index (χ1v) is 6.32. The molecule has 0 bridgehead atoms. The van der Waals surface area contributed by atoms with Crippen LogP contribution in [0.3, 0.4) is 0 Å². The van der Waals surface area contributed by atoms with E-state index < -0.39 is 17.3 Å². The van der Waals surface area contributed by atoms with Crippen LogP contribution in [-0.2, 0) is 6.18 Å². The van der Waals surface area contributed by atoms with Gasteiger partial charge in [0.05, 0.1) is 18.7 Å². The third-order valence-corrected chi connectivity index (χ3v) is 3.75. The number of alkyl halides is 3. The quantitative estimate of drug-likeness (QED) is 0.908. The first kappa shape index (κ1) is 14.8. The summed E-state index contributed by atoms with van der Waals surface area (Å²) in [4.78, 5) is 13.5. The van der Waals surface area contributed by atoms with Gasteiger partial charge in [0.2, 0.25) is 0 Å². The van der Waals surface area contributed by atoms with Gasteiger partial charge in [-0.2, -0.15) is 13.2 Å². The largest absolute Gasteiger partial charge is 0.416 e. The van der Waals surface area contributed by atoms with Crippen molar-refractivity contribution in [3.63, 3.8) is 0 Å². The van der Waals surface area contributed by atoms with Crippen LogP contribution in [0.4, 0.5) is 13.2 Å². The Labute approximate surface area is 115 Å². The molecular weight excluding hydrogens is 271 g/mol. The Hall–Kier alpha value is -1.56. The minimum absolute atomic E-state index is 0.0270. The minimum Gasteiger partial charge on any atom is -0.386 e. The molecule has 0 aromatic heterocycles. The molecule has 1 aliphatic rings. The van der Waals surface area contributed by atoms with Crippen molar-refractivity contribution < 1.29 is 23.1 Å². The Morgan fingerprint density at radius 1 is 1.25 bits per heavy atom. The molecule has 1 aliphatic heterocycles. The molecule has 0 atom stereocenters. The number of rotatable bonds is 2. The van der Waals surface area contributed by atoms with Crippen LogP contribution in [-0.4, -0.2) is 34.6 Å². The van der Waals surface area contributed by atoms with Gasteiger partial charge in [-0.1, -0.05) is 13.8 Å². The summed E-state index contributed by atoms with van der Waals surface area (Å²) < 4.78 is 37.3. The number of nitrogens with zero attached hydrogens (tertiary/aromatic N) is 1. The molecule has 1 aromatic rings. The number of aliphatic hydroxyl groups is 1.